The highest BCUT2D eigenvalue weighted by molar-refractivity contribution is 5.98. The van der Waals surface area contributed by atoms with Crippen LogP contribution >= 0.6 is 0 Å². The molecule has 5 aromatic rings. The van der Waals surface area contributed by atoms with E-state index in [0.29, 0.717) is 30.7 Å². The number of hydrogen-bond donors (Lipinski definition) is 1. The molecular formula is C38H36F3N3O2. The predicted molar refractivity (Wildman–Crippen MR) is 178 cm³/mol. The molecule has 1 N–H and O–H groups in total. The van der Waals surface area contributed by atoms with Crippen molar-refractivity contribution < 1.29 is 22.7 Å². The number of methoxy groups -OCH3 is 1. The van der Waals surface area contributed by atoms with Crippen molar-refractivity contribution in [3.63, 3.8) is 0 Å². The normalized spacial score (nSPS) is 12.5. The number of carbonyl (C=O) groups excluding carboxylic acids is 1. The minimum Gasteiger partial charge on any atom is -0.467 e. The van der Waals surface area contributed by atoms with Gasteiger partial charge >= 0.3 is 12.1 Å². The van der Waals surface area contributed by atoms with Crippen LogP contribution in [0.1, 0.15) is 48.1 Å². The van der Waals surface area contributed by atoms with E-state index in [2.05, 4.69) is 15.3 Å². The monoisotopic (exact) mass is 623 g/mol. The maximum absolute atomic E-state index is 13.9. The summed E-state index contributed by atoms with van der Waals surface area (Å²) in [6.45, 7) is 4.61. The lowest BCUT2D eigenvalue weighted by Gasteiger charge is -2.17. The van der Waals surface area contributed by atoms with Gasteiger partial charge in [0.25, 0.3) is 0 Å². The number of para-hydroxylation sites is 1. The lowest BCUT2D eigenvalue weighted by Crippen LogP contribution is -2.22. The Morgan fingerprint density at radius 3 is 2.37 bits per heavy atom. The SMILES string of the molecule is COC(=O)[C@@H](CC(C)C)N=Cc1ccc(CNc2cccc(-c3c(Cc4ccccc4)cnc4c(C(F)(F)F)cccc34)c2)cc1. The van der Waals surface area contributed by atoms with E-state index in [1.165, 1.54) is 13.2 Å². The van der Waals surface area contributed by atoms with E-state index in [1.54, 1.807) is 18.5 Å². The molecule has 0 unspecified atom stereocenters. The maximum atomic E-state index is 13.9. The molecule has 0 amide bonds. The van der Waals surface area contributed by atoms with E-state index in [9.17, 15) is 18.0 Å². The first kappa shape index (κ1) is 32.4. The standard InChI is InChI=1S/C38H36F3N3O2/c1-25(2)19-34(37(45)46-3)43-23-28-17-15-27(16-18-28)22-42-31-12-7-11-29(21-31)35-30(20-26-9-5-4-6-10-26)24-44-36-32(35)13-8-14-33(36)38(39,40)41/h4-18,21,23-25,34,42H,19-20,22H2,1-3H3/t34-/m1/s1. The highest BCUT2D eigenvalue weighted by Gasteiger charge is 2.33. The molecule has 0 saturated carbocycles. The van der Waals surface area contributed by atoms with E-state index in [0.717, 1.165) is 45.1 Å². The summed E-state index contributed by atoms with van der Waals surface area (Å²) in [6, 6.07) is 29.1. The summed E-state index contributed by atoms with van der Waals surface area (Å²) in [7, 11) is 1.37. The number of alkyl halides is 3. The minimum absolute atomic E-state index is 0.0640. The van der Waals surface area contributed by atoms with Gasteiger partial charge in [0.1, 0.15) is 6.04 Å². The smallest absolute Gasteiger partial charge is 0.418 e. The molecule has 5 nitrogen and oxygen atoms in total. The molecule has 46 heavy (non-hydrogen) atoms. The van der Waals surface area contributed by atoms with E-state index >= 15 is 0 Å². The van der Waals surface area contributed by atoms with Crippen molar-refractivity contribution in [2.75, 3.05) is 12.4 Å². The lowest BCUT2D eigenvalue weighted by molar-refractivity contribution is -0.142. The first-order valence-electron chi connectivity index (χ1n) is 15.2. The number of ether oxygens (including phenoxy) is 1. The Bertz CT molecular complexity index is 1820. The van der Waals surface area contributed by atoms with Gasteiger partial charge in [-0.15, -0.1) is 0 Å². The Labute approximate surface area is 267 Å². The predicted octanol–water partition coefficient (Wildman–Crippen LogP) is 9.13. The van der Waals surface area contributed by atoms with Gasteiger partial charge in [0.05, 0.1) is 18.2 Å². The van der Waals surface area contributed by atoms with Crippen molar-refractivity contribution in [3.05, 3.63) is 131 Å². The maximum Gasteiger partial charge on any atom is 0.418 e. The average Bonchev–Trinajstić information content (AvgIpc) is 3.05. The Morgan fingerprint density at radius 1 is 0.935 bits per heavy atom. The third kappa shape index (κ3) is 7.99. The van der Waals surface area contributed by atoms with Crippen molar-refractivity contribution in [3.8, 4) is 11.1 Å². The van der Waals surface area contributed by atoms with Crippen molar-refractivity contribution in [1.82, 2.24) is 4.98 Å². The molecule has 0 aliphatic rings. The highest BCUT2D eigenvalue weighted by atomic mass is 19.4. The number of carbonyl (C=O) groups is 1. The molecule has 1 atom stereocenters. The van der Waals surface area contributed by atoms with E-state index in [1.807, 2.05) is 92.7 Å². The van der Waals surface area contributed by atoms with Crippen LogP contribution in [0.5, 0.6) is 0 Å². The van der Waals surface area contributed by atoms with Crippen LogP contribution in [0.15, 0.2) is 108 Å². The summed E-state index contributed by atoms with van der Waals surface area (Å²) in [4.78, 5) is 20.9. The van der Waals surface area contributed by atoms with Gasteiger partial charge < -0.3 is 10.1 Å². The number of hydrogen-bond acceptors (Lipinski definition) is 5. The Kier molecular flexibility index (Phi) is 10.2. The number of rotatable bonds is 11. The summed E-state index contributed by atoms with van der Waals surface area (Å²) < 4.78 is 46.7. The Morgan fingerprint density at radius 2 is 1.67 bits per heavy atom. The summed E-state index contributed by atoms with van der Waals surface area (Å²) in [5, 5.41) is 3.91. The quantitative estimate of drug-likeness (QED) is 0.118. The third-order valence-corrected chi connectivity index (χ3v) is 7.72. The Hall–Kier alpha value is -4.98. The van der Waals surface area contributed by atoms with Crippen molar-refractivity contribution in [2.24, 2.45) is 10.9 Å². The molecule has 0 saturated heterocycles. The van der Waals surface area contributed by atoms with Gasteiger partial charge in [-0.05, 0) is 70.3 Å². The van der Waals surface area contributed by atoms with E-state index in [-0.39, 0.29) is 11.5 Å². The molecule has 0 radical (unpaired) electrons. The minimum atomic E-state index is -4.52. The first-order valence-corrected chi connectivity index (χ1v) is 15.2. The zero-order valence-corrected chi connectivity index (χ0v) is 26.0. The summed E-state index contributed by atoms with van der Waals surface area (Å²) >= 11 is 0. The second-order valence-electron chi connectivity index (χ2n) is 11.6. The number of anilines is 1. The van der Waals surface area contributed by atoms with Gasteiger partial charge in [-0.3, -0.25) is 9.98 Å². The van der Waals surface area contributed by atoms with Crippen molar-refractivity contribution in [1.29, 1.82) is 0 Å². The molecule has 236 valence electrons. The molecular weight excluding hydrogens is 587 g/mol. The molecule has 0 spiro atoms. The van der Waals surface area contributed by atoms with Gasteiger partial charge in [0.15, 0.2) is 0 Å². The van der Waals surface area contributed by atoms with Gasteiger partial charge in [-0.2, -0.15) is 13.2 Å². The zero-order valence-electron chi connectivity index (χ0n) is 26.0. The largest absolute Gasteiger partial charge is 0.467 e. The fourth-order valence-electron chi connectivity index (χ4n) is 5.47. The molecule has 5 rings (SSSR count). The number of nitrogens with zero attached hydrogens (tertiary/aromatic N) is 2. The van der Waals surface area contributed by atoms with Gasteiger partial charge in [-0.1, -0.05) is 92.7 Å². The van der Waals surface area contributed by atoms with Gasteiger partial charge in [-0.25, -0.2) is 4.79 Å². The molecule has 8 heteroatoms. The molecule has 0 fully saturated rings. The van der Waals surface area contributed by atoms with Crippen LogP contribution in [-0.4, -0.2) is 30.3 Å². The topological polar surface area (TPSA) is 63.6 Å². The first-order chi connectivity index (χ1) is 22.1. The molecule has 4 aromatic carbocycles. The van der Waals surface area contributed by atoms with Crippen LogP contribution in [0.25, 0.3) is 22.0 Å². The fourth-order valence-corrected chi connectivity index (χ4v) is 5.47. The van der Waals surface area contributed by atoms with Crippen molar-refractivity contribution >= 4 is 28.8 Å². The number of aromatic nitrogens is 1. The highest BCUT2D eigenvalue weighted by Crippen LogP contribution is 2.39. The van der Waals surface area contributed by atoms with Crippen molar-refractivity contribution in [2.45, 2.75) is 45.5 Å². The van der Waals surface area contributed by atoms with Gasteiger partial charge in [0, 0.05) is 30.0 Å². The summed E-state index contributed by atoms with van der Waals surface area (Å²) in [6.07, 6.45) is -0.119. The summed E-state index contributed by atoms with van der Waals surface area (Å²) in [5.41, 5.74) is 5.34. The number of benzene rings is 4. The summed E-state index contributed by atoms with van der Waals surface area (Å²) in [5.74, 6) is -0.0426. The van der Waals surface area contributed by atoms with Crippen LogP contribution in [0.2, 0.25) is 0 Å². The number of aliphatic imine (C=N–C) groups is 1. The third-order valence-electron chi connectivity index (χ3n) is 7.72. The Balaban J connectivity index is 1.40. The number of pyridine rings is 1. The molecule has 0 bridgehead atoms. The molecule has 1 aromatic heterocycles. The van der Waals surface area contributed by atoms with E-state index < -0.39 is 17.8 Å². The number of fused-ring (bicyclic) bond motifs is 1. The van der Waals surface area contributed by atoms with Crippen LogP contribution in [-0.2, 0) is 28.7 Å². The molecule has 1 heterocycles. The molecule has 0 aliphatic heterocycles. The second kappa shape index (κ2) is 14.4. The van der Waals surface area contributed by atoms with E-state index in [4.69, 9.17) is 4.74 Å². The fraction of sp³-hybridized carbons (Fsp3) is 0.237. The number of halogens is 3. The number of nitrogens with one attached hydrogen (secondary N) is 1. The average molecular weight is 624 g/mol. The second-order valence-corrected chi connectivity index (χ2v) is 11.6. The van der Waals surface area contributed by atoms with Crippen LogP contribution < -0.4 is 5.32 Å². The van der Waals surface area contributed by atoms with Crippen LogP contribution in [0.4, 0.5) is 18.9 Å². The molecule has 0 aliphatic carbocycles. The lowest BCUT2D eigenvalue weighted by atomic mass is 9.91. The van der Waals surface area contributed by atoms with Crippen LogP contribution in [0, 0.1) is 5.92 Å². The number of esters is 1. The van der Waals surface area contributed by atoms with Crippen LogP contribution in [0.3, 0.4) is 0 Å². The van der Waals surface area contributed by atoms with Gasteiger partial charge in [0.2, 0.25) is 0 Å². The zero-order chi connectivity index (χ0) is 32.7.